The molecule has 0 fully saturated rings. The molecule has 0 radical (unpaired) electrons. The Morgan fingerprint density at radius 3 is 2.84 bits per heavy atom. The molecule has 1 aliphatic rings. The first kappa shape index (κ1) is 12.6. The molecule has 2 aromatic heterocycles. The average Bonchev–Trinajstić information content (AvgIpc) is 2.91. The Hall–Kier alpha value is -1.47. The normalized spacial score (nSPS) is 14.7. The van der Waals surface area contributed by atoms with Gasteiger partial charge >= 0.3 is 0 Å². The van der Waals surface area contributed by atoms with Gasteiger partial charge in [0.05, 0.1) is 4.88 Å². The maximum absolute atomic E-state index is 12.1. The highest BCUT2D eigenvalue weighted by Gasteiger charge is 2.17. The van der Waals surface area contributed by atoms with Crippen LogP contribution in [0.4, 0.5) is 10.3 Å². The zero-order chi connectivity index (χ0) is 13.2. The van der Waals surface area contributed by atoms with Gasteiger partial charge in [0, 0.05) is 4.88 Å². The standard InChI is InChI=1S/C12H14N4OS2/c13-11-15-16-12(19-11)14-10(17)9-6-7-4-2-1-3-5-8(7)18-9/h6H,1-5H2,(H2,13,15)(H,14,16,17). The molecular formula is C12H14N4OS2. The quantitative estimate of drug-likeness (QED) is 0.834. The van der Waals surface area contributed by atoms with Gasteiger partial charge in [0.1, 0.15) is 0 Å². The van der Waals surface area contributed by atoms with E-state index in [9.17, 15) is 4.79 Å². The summed E-state index contributed by atoms with van der Waals surface area (Å²) in [5, 5.41) is 11.0. The molecule has 0 aliphatic heterocycles. The third kappa shape index (κ3) is 2.76. The summed E-state index contributed by atoms with van der Waals surface area (Å²) in [5.41, 5.74) is 6.82. The zero-order valence-corrected chi connectivity index (χ0v) is 11.9. The Morgan fingerprint density at radius 1 is 1.21 bits per heavy atom. The molecule has 0 aromatic carbocycles. The number of carbonyl (C=O) groups is 1. The summed E-state index contributed by atoms with van der Waals surface area (Å²) in [6.45, 7) is 0. The molecule has 0 unspecified atom stereocenters. The number of anilines is 2. The van der Waals surface area contributed by atoms with Gasteiger partial charge in [0.25, 0.3) is 5.91 Å². The number of aromatic nitrogens is 2. The summed E-state index contributed by atoms with van der Waals surface area (Å²) < 4.78 is 0. The van der Waals surface area contributed by atoms with Crippen LogP contribution in [0.25, 0.3) is 0 Å². The van der Waals surface area contributed by atoms with Gasteiger partial charge in [0.2, 0.25) is 10.3 Å². The molecule has 3 rings (SSSR count). The fraction of sp³-hybridized carbons (Fsp3) is 0.417. The summed E-state index contributed by atoms with van der Waals surface area (Å²) >= 11 is 2.77. The minimum absolute atomic E-state index is 0.116. The maximum atomic E-state index is 12.1. The molecule has 1 aliphatic carbocycles. The monoisotopic (exact) mass is 294 g/mol. The molecule has 7 heteroatoms. The van der Waals surface area contributed by atoms with E-state index >= 15 is 0 Å². The number of fused-ring (bicyclic) bond motifs is 1. The van der Waals surface area contributed by atoms with Crippen LogP contribution in [-0.2, 0) is 12.8 Å². The lowest BCUT2D eigenvalue weighted by molar-refractivity contribution is 0.103. The number of amides is 1. The number of carbonyl (C=O) groups excluding carboxylic acids is 1. The van der Waals surface area contributed by atoms with Crippen molar-refractivity contribution in [3.63, 3.8) is 0 Å². The van der Waals surface area contributed by atoms with Crippen LogP contribution in [0.3, 0.4) is 0 Å². The minimum atomic E-state index is -0.116. The first-order valence-corrected chi connectivity index (χ1v) is 7.87. The van der Waals surface area contributed by atoms with Crippen molar-refractivity contribution in [1.82, 2.24) is 10.2 Å². The third-order valence-corrected chi connectivity index (χ3v) is 5.04. The molecule has 0 saturated carbocycles. The van der Waals surface area contributed by atoms with Gasteiger partial charge < -0.3 is 5.73 Å². The van der Waals surface area contributed by atoms with Gasteiger partial charge in [-0.25, -0.2) is 0 Å². The first-order valence-electron chi connectivity index (χ1n) is 6.24. The Labute approximate surface area is 118 Å². The molecule has 0 bridgehead atoms. The van der Waals surface area contributed by atoms with Gasteiger partial charge in [-0.3, -0.25) is 10.1 Å². The highest BCUT2D eigenvalue weighted by molar-refractivity contribution is 7.19. The van der Waals surface area contributed by atoms with E-state index < -0.39 is 0 Å². The van der Waals surface area contributed by atoms with E-state index in [1.54, 1.807) is 11.3 Å². The van der Waals surface area contributed by atoms with Gasteiger partial charge in [-0.1, -0.05) is 17.8 Å². The van der Waals surface area contributed by atoms with Gasteiger partial charge in [-0.15, -0.1) is 21.5 Å². The van der Waals surface area contributed by atoms with Crippen LogP contribution in [0.15, 0.2) is 6.07 Å². The Morgan fingerprint density at radius 2 is 2.05 bits per heavy atom. The van der Waals surface area contributed by atoms with Crippen LogP contribution in [0, 0.1) is 0 Å². The van der Waals surface area contributed by atoms with E-state index in [2.05, 4.69) is 15.5 Å². The van der Waals surface area contributed by atoms with Crippen molar-refractivity contribution in [2.24, 2.45) is 0 Å². The molecular weight excluding hydrogens is 280 g/mol. The van der Waals surface area contributed by atoms with Crippen molar-refractivity contribution in [1.29, 1.82) is 0 Å². The number of nitrogens with one attached hydrogen (secondary N) is 1. The van der Waals surface area contributed by atoms with Crippen molar-refractivity contribution in [2.75, 3.05) is 11.1 Å². The molecule has 2 heterocycles. The third-order valence-electron chi connectivity index (χ3n) is 3.13. The number of thiophene rings is 1. The molecule has 2 aromatic rings. The Kier molecular flexibility index (Phi) is 3.48. The fourth-order valence-corrected chi connectivity index (χ4v) is 3.88. The van der Waals surface area contributed by atoms with Crippen molar-refractivity contribution < 1.29 is 4.79 Å². The second-order valence-electron chi connectivity index (χ2n) is 4.52. The molecule has 100 valence electrons. The average molecular weight is 294 g/mol. The van der Waals surface area contributed by atoms with Crippen LogP contribution in [0.1, 0.15) is 39.4 Å². The van der Waals surface area contributed by atoms with Crippen molar-refractivity contribution >= 4 is 38.8 Å². The summed E-state index contributed by atoms with van der Waals surface area (Å²) in [6, 6.07) is 2.02. The van der Waals surface area contributed by atoms with Crippen molar-refractivity contribution in [3.8, 4) is 0 Å². The van der Waals surface area contributed by atoms with Crippen molar-refractivity contribution in [3.05, 3.63) is 21.4 Å². The molecule has 1 amide bonds. The maximum Gasteiger partial charge on any atom is 0.267 e. The summed E-state index contributed by atoms with van der Waals surface area (Å²) in [7, 11) is 0. The zero-order valence-electron chi connectivity index (χ0n) is 10.3. The largest absolute Gasteiger partial charge is 0.374 e. The van der Waals surface area contributed by atoms with Gasteiger partial charge in [-0.2, -0.15) is 0 Å². The van der Waals surface area contributed by atoms with E-state index in [1.807, 2.05) is 6.07 Å². The van der Waals surface area contributed by atoms with E-state index in [0.717, 1.165) is 17.7 Å². The molecule has 19 heavy (non-hydrogen) atoms. The first-order chi connectivity index (χ1) is 9.22. The van der Waals surface area contributed by atoms with E-state index in [-0.39, 0.29) is 5.91 Å². The molecule has 0 saturated heterocycles. The predicted octanol–water partition coefficient (Wildman–Crippen LogP) is 2.70. The molecule has 5 nitrogen and oxygen atoms in total. The molecule has 3 N–H and O–H groups in total. The Bertz CT molecular complexity index is 581. The number of aryl methyl sites for hydroxylation is 2. The lowest BCUT2D eigenvalue weighted by Gasteiger charge is -1.97. The van der Waals surface area contributed by atoms with Gasteiger partial charge in [-0.05, 0) is 37.3 Å². The summed E-state index contributed by atoms with van der Waals surface area (Å²) in [6.07, 6.45) is 5.91. The fourth-order valence-electron chi connectivity index (χ4n) is 2.22. The summed E-state index contributed by atoms with van der Waals surface area (Å²) in [4.78, 5) is 14.2. The van der Waals surface area contributed by atoms with Crippen LogP contribution in [-0.4, -0.2) is 16.1 Å². The molecule has 0 spiro atoms. The van der Waals surface area contributed by atoms with Crippen molar-refractivity contribution in [2.45, 2.75) is 32.1 Å². The minimum Gasteiger partial charge on any atom is -0.374 e. The second-order valence-corrected chi connectivity index (χ2v) is 6.67. The number of hydrogen-bond donors (Lipinski definition) is 2. The topological polar surface area (TPSA) is 80.9 Å². The van der Waals surface area contributed by atoms with Gasteiger partial charge in [0.15, 0.2) is 0 Å². The number of nitrogen functional groups attached to an aromatic ring is 1. The predicted molar refractivity (Wildman–Crippen MR) is 77.9 cm³/mol. The van der Waals surface area contributed by atoms with E-state index in [0.29, 0.717) is 10.3 Å². The van der Waals surface area contributed by atoms with E-state index in [1.165, 1.54) is 41.0 Å². The molecule has 0 atom stereocenters. The SMILES string of the molecule is Nc1nnc(NC(=O)c2cc3c(s2)CCCCC3)s1. The van der Waals surface area contributed by atoms with Crippen LogP contribution < -0.4 is 11.1 Å². The number of rotatable bonds is 2. The second kappa shape index (κ2) is 5.26. The highest BCUT2D eigenvalue weighted by Crippen LogP contribution is 2.29. The highest BCUT2D eigenvalue weighted by atomic mass is 32.1. The Balaban J connectivity index is 1.76. The number of hydrogen-bond acceptors (Lipinski definition) is 6. The smallest absolute Gasteiger partial charge is 0.267 e. The number of nitrogens with two attached hydrogens (primary N) is 1. The van der Waals surface area contributed by atoms with Crippen LogP contribution in [0.2, 0.25) is 0 Å². The van der Waals surface area contributed by atoms with E-state index in [4.69, 9.17) is 5.73 Å². The lowest BCUT2D eigenvalue weighted by atomic mass is 10.1. The summed E-state index contributed by atoms with van der Waals surface area (Å²) in [5.74, 6) is -0.116. The van der Waals surface area contributed by atoms with Crippen LogP contribution in [0.5, 0.6) is 0 Å². The number of nitrogens with zero attached hydrogens (tertiary/aromatic N) is 2. The van der Waals surface area contributed by atoms with Crippen LogP contribution >= 0.6 is 22.7 Å². The lowest BCUT2D eigenvalue weighted by Crippen LogP contribution is -2.09.